The van der Waals surface area contributed by atoms with Gasteiger partial charge in [0.25, 0.3) is 0 Å². The molecule has 0 saturated heterocycles. The van der Waals surface area contributed by atoms with E-state index in [1.807, 2.05) is 24.7 Å². The molecule has 0 aromatic carbocycles. The molecule has 1 aromatic rings. The average molecular weight is 266 g/mol. The maximum absolute atomic E-state index is 10.8. The van der Waals surface area contributed by atoms with E-state index >= 15 is 0 Å². The molecule has 1 heterocycles. The summed E-state index contributed by atoms with van der Waals surface area (Å²) in [6.07, 6.45) is 9.81. The van der Waals surface area contributed by atoms with E-state index in [4.69, 9.17) is 4.74 Å². The van der Waals surface area contributed by atoms with Crippen LogP contribution in [0.4, 0.5) is 0 Å². The van der Waals surface area contributed by atoms with E-state index < -0.39 is 11.7 Å². The number of aromatic nitrogens is 2. The van der Waals surface area contributed by atoms with Gasteiger partial charge in [-0.05, 0) is 26.7 Å². The molecular formula is C15H26N2O2. The van der Waals surface area contributed by atoms with Gasteiger partial charge in [0.1, 0.15) is 6.10 Å². The van der Waals surface area contributed by atoms with Crippen molar-refractivity contribution in [2.75, 3.05) is 6.61 Å². The van der Waals surface area contributed by atoms with Gasteiger partial charge in [-0.2, -0.15) is 5.10 Å². The number of aliphatic hydroxyl groups excluding tert-OH is 1. The Balaban J connectivity index is 2.21. The van der Waals surface area contributed by atoms with Crippen molar-refractivity contribution in [1.29, 1.82) is 0 Å². The molecule has 0 amide bonds. The van der Waals surface area contributed by atoms with E-state index in [-0.39, 0.29) is 0 Å². The van der Waals surface area contributed by atoms with Crippen LogP contribution in [0.3, 0.4) is 0 Å². The topological polar surface area (TPSA) is 47.3 Å². The van der Waals surface area contributed by atoms with Crippen LogP contribution in [-0.2, 0) is 11.3 Å². The highest BCUT2D eigenvalue weighted by Crippen LogP contribution is 2.40. The number of hydrogen-bond donors (Lipinski definition) is 1. The minimum absolute atomic E-state index is 0.410. The molecule has 1 unspecified atom stereocenters. The van der Waals surface area contributed by atoms with E-state index in [1.54, 1.807) is 6.20 Å². The Kier molecular flexibility index (Phi) is 4.99. The third kappa shape index (κ3) is 3.18. The van der Waals surface area contributed by atoms with Gasteiger partial charge in [-0.3, -0.25) is 4.68 Å². The highest BCUT2D eigenvalue weighted by molar-refractivity contribution is 5.14. The summed E-state index contributed by atoms with van der Waals surface area (Å²) in [6.45, 7) is 5.54. The standard InChI is InChI=1S/C15H26N2O2/c1-3-17-12-13(11-16-17)14(18)15(19-4-2)9-7-5-6-8-10-15/h11-12,14,18H,3-10H2,1-2H3. The summed E-state index contributed by atoms with van der Waals surface area (Å²) in [4.78, 5) is 0. The van der Waals surface area contributed by atoms with Gasteiger partial charge >= 0.3 is 0 Å². The number of hydrogen-bond acceptors (Lipinski definition) is 3. The van der Waals surface area contributed by atoms with E-state index in [9.17, 15) is 5.11 Å². The predicted molar refractivity (Wildman–Crippen MR) is 74.9 cm³/mol. The summed E-state index contributed by atoms with van der Waals surface area (Å²) < 4.78 is 7.88. The van der Waals surface area contributed by atoms with Gasteiger partial charge in [-0.25, -0.2) is 0 Å². The zero-order valence-corrected chi connectivity index (χ0v) is 12.1. The van der Waals surface area contributed by atoms with E-state index in [1.165, 1.54) is 12.8 Å². The van der Waals surface area contributed by atoms with Crippen LogP contribution in [-0.4, -0.2) is 27.1 Å². The molecule has 4 nitrogen and oxygen atoms in total. The molecule has 1 atom stereocenters. The first kappa shape index (κ1) is 14.5. The Labute approximate surface area is 115 Å². The molecule has 19 heavy (non-hydrogen) atoms. The van der Waals surface area contributed by atoms with Crippen LogP contribution in [0.15, 0.2) is 12.4 Å². The fraction of sp³-hybridized carbons (Fsp3) is 0.800. The molecule has 0 radical (unpaired) electrons. The summed E-state index contributed by atoms with van der Waals surface area (Å²) in [5.41, 5.74) is 0.476. The molecule has 1 fully saturated rings. The molecule has 1 aromatic heterocycles. The first-order chi connectivity index (χ1) is 9.22. The van der Waals surface area contributed by atoms with Crippen molar-refractivity contribution in [3.05, 3.63) is 18.0 Å². The largest absolute Gasteiger partial charge is 0.385 e. The SMILES string of the molecule is CCOC1(C(O)c2cnn(CC)c2)CCCCCC1. The normalized spacial score (nSPS) is 21.0. The molecule has 1 aliphatic carbocycles. The maximum Gasteiger partial charge on any atom is 0.111 e. The number of nitrogens with zero attached hydrogens (tertiary/aromatic N) is 2. The van der Waals surface area contributed by atoms with Crippen LogP contribution in [0.2, 0.25) is 0 Å². The molecule has 1 saturated carbocycles. The van der Waals surface area contributed by atoms with E-state index in [0.717, 1.165) is 37.8 Å². The number of rotatable bonds is 5. The van der Waals surface area contributed by atoms with Gasteiger partial charge in [0, 0.05) is 24.9 Å². The minimum atomic E-state index is -0.564. The number of aryl methyl sites for hydroxylation is 1. The predicted octanol–water partition coefficient (Wildman–Crippen LogP) is 3.07. The molecule has 0 spiro atoms. The molecule has 108 valence electrons. The van der Waals surface area contributed by atoms with Gasteiger partial charge in [-0.15, -0.1) is 0 Å². The lowest BCUT2D eigenvalue weighted by atomic mass is 9.85. The Morgan fingerprint density at radius 2 is 2.00 bits per heavy atom. The third-order valence-electron chi connectivity index (χ3n) is 4.17. The molecule has 2 rings (SSSR count). The van der Waals surface area contributed by atoms with Gasteiger partial charge < -0.3 is 9.84 Å². The summed E-state index contributed by atoms with van der Waals surface area (Å²) in [7, 11) is 0. The van der Waals surface area contributed by atoms with Crippen molar-refractivity contribution in [3.63, 3.8) is 0 Å². The summed E-state index contributed by atoms with van der Waals surface area (Å²) in [5, 5.41) is 15.0. The van der Waals surface area contributed by atoms with Crippen LogP contribution in [0.5, 0.6) is 0 Å². The van der Waals surface area contributed by atoms with Crippen LogP contribution < -0.4 is 0 Å². The number of ether oxygens (including phenoxy) is 1. The maximum atomic E-state index is 10.8. The fourth-order valence-electron chi connectivity index (χ4n) is 3.11. The zero-order chi connectivity index (χ0) is 13.7. The van der Waals surface area contributed by atoms with Crippen molar-refractivity contribution in [3.8, 4) is 0 Å². The van der Waals surface area contributed by atoms with Crippen LogP contribution in [0, 0.1) is 0 Å². The Morgan fingerprint density at radius 3 is 2.53 bits per heavy atom. The van der Waals surface area contributed by atoms with Crippen molar-refractivity contribution < 1.29 is 9.84 Å². The molecule has 1 N–H and O–H groups in total. The Hall–Kier alpha value is -0.870. The molecule has 1 aliphatic rings. The highest BCUT2D eigenvalue weighted by atomic mass is 16.5. The quantitative estimate of drug-likeness (QED) is 0.833. The van der Waals surface area contributed by atoms with Gasteiger partial charge in [0.15, 0.2) is 0 Å². The minimum Gasteiger partial charge on any atom is -0.385 e. The highest BCUT2D eigenvalue weighted by Gasteiger charge is 2.40. The lowest BCUT2D eigenvalue weighted by Crippen LogP contribution is -2.39. The summed E-state index contributed by atoms with van der Waals surface area (Å²) in [5.74, 6) is 0. The van der Waals surface area contributed by atoms with Crippen LogP contribution >= 0.6 is 0 Å². The van der Waals surface area contributed by atoms with Crippen LogP contribution in [0.25, 0.3) is 0 Å². The van der Waals surface area contributed by atoms with Gasteiger partial charge in [0.2, 0.25) is 0 Å². The smallest absolute Gasteiger partial charge is 0.111 e. The van der Waals surface area contributed by atoms with Crippen molar-refractivity contribution in [1.82, 2.24) is 9.78 Å². The van der Waals surface area contributed by atoms with Gasteiger partial charge in [-0.1, -0.05) is 25.7 Å². The second kappa shape index (κ2) is 6.53. The Morgan fingerprint density at radius 1 is 1.32 bits per heavy atom. The van der Waals surface area contributed by atoms with E-state index in [0.29, 0.717) is 6.61 Å². The number of aliphatic hydroxyl groups is 1. The molecule has 0 aliphatic heterocycles. The van der Waals surface area contributed by atoms with Crippen molar-refractivity contribution >= 4 is 0 Å². The first-order valence-corrected chi connectivity index (χ1v) is 7.56. The summed E-state index contributed by atoms with van der Waals surface area (Å²) in [6, 6.07) is 0. The second-order valence-corrected chi connectivity index (χ2v) is 5.44. The second-order valence-electron chi connectivity index (χ2n) is 5.44. The third-order valence-corrected chi connectivity index (χ3v) is 4.17. The molecule has 0 bridgehead atoms. The zero-order valence-electron chi connectivity index (χ0n) is 12.1. The average Bonchev–Trinajstić information content (AvgIpc) is 2.78. The van der Waals surface area contributed by atoms with Crippen molar-refractivity contribution in [2.24, 2.45) is 0 Å². The van der Waals surface area contributed by atoms with Crippen molar-refractivity contribution in [2.45, 2.75) is 70.6 Å². The lowest BCUT2D eigenvalue weighted by molar-refractivity contribution is -0.131. The monoisotopic (exact) mass is 266 g/mol. The molecular weight excluding hydrogens is 240 g/mol. The first-order valence-electron chi connectivity index (χ1n) is 7.56. The van der Waals surface area contributed by atoms with Crippen LogP contribution in [0.1, 0.15) is 64.0 Å². The Bertz CT molecular complexity index is 381. The molecule has 4 heteroatoms. The van der Waals surface area contributed by atoms with Gasteiger partial charge in [0.05, 0.1) is 11.8 Å². The lowest BCUT2D eigenvalue weighted by Gasteiger charge is -2.36. The summed E-state index contributed by atoms with van der Waals surface area (Å²) >= 11 is 0. The fourth-order valence-corrected chi connectivity index (χ4v) is 3.11. The van der Waals surface area contributed by atoms with E-state index in [2.05, 4.69) is 5.10 Å².